The number of ether oxygens (including phenoxy) is 2. The lowest BCUT2D eigenvalue weighted by Gasteiger charge is -2.33. The molecule has 0 radical (unpaired) electrons. The van der Waals surface area contributed by atoms with Crippen LogP contribution < -0.4 is 9.64 Å². The van der Waals surface area contributed by atoms with Gasteiger partial charge >= 0.3 is 5.97 Å². The fraction of sp³-hybridized carbons (Fsp3) is 0.389. The second-order valence-corrected chi connectivity index (χ2v) is 6.89. The van der Waals surface area contributed by atoms with Crippen molar-refractivity contribution >= 4 is 28.9 Å². The Morgan fingerprint density at radius 2 is 2.28 bits per heavy atom. The highest BCUT2D eigenvalue weighted by molar-refractivity contribution is 7.09. The molecule has 2 aromatic rings. The largest absolute Gasteiger partial charge is 0.482 e. The highest BCUT2D eigenvalue weighted by Gasteiger charge is 2.34. The van der Waals surface area contributed by atoms with Gasteiger partial charge < -0.3 is 9.47 Å². The first-order chi connectivity index (χ1) is 12.0. The van der Waals surface area contributed by atoms with Gasteiger partial charge in [-0.25, -0.2) is 9.78 Å². The minimum atomic E-state index is -0.714. The van der Waals surface area contributed by atoms with Crippen molar-refractivity contribution in [1.29, 1.82) is 0 Å². The molecule has 0 aliphatic carbocycles. The lowest BCUT2D eigenvalue weighted by molar-refractivity contribution is -0.146. The number of thiazole rings is 1. The topological polar surface area (TPSA) is 68.7 Å². The summed E-state index contributed by atoms with van der Waals surface area (Å²) in [5, 5.41) is 2.93. The van der Waals surface area contributed by atoms with E-state index in [2.05, 4.69) is 4.98 Å². The Bertz CT molecular complexity index is 802. The van der Waals surface area contributed by atoms with Crippen molar-refractivity contribution in [2.45, 2.75) is 33.2 Å². The van der Waals surface area contributed by atoms with Crippen LogP contribution in [-0.4, -0.2) is 36.1 Å². The van der Waals surface area contributed by atoms with Crippen LogP contribution >= 0.6 is 11.3 Å². The zero-order chi connectivity index (χ0) is 18.0. The minimum Gasteiger partial charge on any atom is -0.482 e. The van der Waals surface area contributed by atoms with Crippen molar-refractivity contribution in [3.05, 3.63) is 28.6 Å². The molecule has 6 nitrogen and oxygen atoms in total. The molecular weight excluding hydrogens is 340 g/mol. The number of carbonyl (C=O) groups is 2. The number of hydrogen-bond donors (Lipinski definition) is 0. The summed E-state index contributed by atoms with van der Waals surface area (Å²) in [6, 6.07) is 4.84. The highest BCUT2D eigenvalue weighted by Crippen LogP contribution is 2.37. The van der Waals surface area contributed by atoms with Gasteiger partial charge in [-0.2, -0.15) is 0 Å². The molecule has 0 bridgehead atoms. The molecule has 1 aliphatic heterocycles. The molecule has 1 aliphatic rings. The zero-order valence-corrected chi connectivity index (χ0v) is 15.3. The van der Waals surface area contributed by atoms with E-state index in [1.165, 1.54) is 4.90 Å². The van der Waals surface area contributed by atoms with Gasteiger partial charge in [0.25, 0.3) is 5.91 Å². The summed E-state index contributed by atoms with van der Waals surface area (Å²) < 4.78 is 10.7. The number of nitrogens with zero attached hydrogens (tertiary/aromatic N) is 2. The van der Waals surface area contributed by atoms with Gasteiger partial charge in [-0.1, -0.05) is 6.92 Å². The molecule has 1 amide bonds. The Labute approximate surface area is 150 Å². The lowest BCUT2D eigenvalue weighted by atomic mass is 10.1. The number of esters is 1. The van der Waals surface area contributed by atoms with E-state index in [-0.39, 0.29) is 12.5 Å². The van der Waals surface area contributed by atoms with Gasteiger partial charge in [0.1, 0.15) is 11.8 Å². The van der Waals surface area contributed by atoms with Gasteiger partial charge in [0.05, 0.1) is 23.0 Å². The Hall–Kier alpha value is -2.41. The fourth-order valence-corrected chi connectivity index (χ4v) is 3.30. The SMILES string of the molecule is CCCOC(=O)C(C)N1C(=O)COc2ccc(-c3csc(C)n3)cc21. The molecule has 0 saturated heterocycles. The number of carbonyl (C=O) groups excluding carboxylic acids is 2. The number of rotatable bonds is 5. The summed E-state index contributed by atoms with van der Waals surface area (Å²) in [6.07, 6.45) is 0.736. The van der Waals surface area contributed by atoms with Crippen LogP contribution in [0.5, 0.6) is 5.75 Å². The smallest absolute Gasteiger partial charge is 0.328 e. The van der Waals surface area contributed by atoms with Crippen LogP contribution in [0.2, 0.25) is 0 Å². The first-order valence-electron chi connectivity index (χ1n) is 8.19. The normalized spacial score (nSPS) is 14.7. The van der Waals surface area contributed by atoms with Crippen molar-refractivity contribution in [3.63, 3.8) is 0 Å². The van der Waals surface area contributed by atoms with E-state index in [9.17, 15) is 9.59 Å². The predicted molar refractivity (Wildman–Crippen MR) is 96.0 cm³/mol. The van der Waals surface area contributed by atoms with Gasteiger partial charge in [-0.15, -0.1) is 11.3 Å². The third-order valence-electron chi connectivity index (χ3n) is 3.93. The van der Waals surface area contributed by atoms with Crippen LogP contribution in [0.4, 0.5) is 5.69 Å². The van der Waals surface area contributed by atoms with Gasteiger partial charge in [-0.05, 0) is 38.5 Å². The van der Waals surface area contributed by atoms with Gasteiger partial charge in [0.15, 0.2) is 6.61 Å². The Kier molecular flexibility index (Phi) is 5.03. The predicted octanol–water partition coefficient (Wildman–Crippen LogP) is 3.19. The summed E-state index contributed by atoms with van der Waals surface area (Å²) in [5.74, 6) is -0.108. The molecule has 0 N–H and O–H groups in total. The maximum Gasteiger partial charge on any atom is 0.328 e. The molecule has 1 aromatic heterocycles. The summed E-state index contributed by atoms with van der Waals surface area (Å²) in [4.78, 5) is 30.6. The summed E-state index contributed by atoms with van der Waals surface area (Å²) in [6.45, 7) is 5.79. The third-order valence-corrected chi connectivity index (χ3v) is 4.70. The standard InChI is InChI=1S/C18H20N2O4S/c1-4-7-23-18(22)11(2)20-15-8-13(14-10-25-12(3)19-14)5-6-16(15)24-9-17(20)21/h5-6,8,10-11H,4,7,9H2,1-3H3. The molecular formula is C18H20N2O4S. The molecule has 0 spiro atoms. The number of hydrogen-bond acceptors (Lipinski definition) is 6. The number of fused-ring (bicyclic) bond motifs is 1. The molecule has 0 fully saturated rings. The van der Waals surface area contributed by atoms with E-state index < -0.39 is 12.0 Å². The monoisotopic (exact) mass is 360 g/mol. The average molecular weight is 360 g/mol. The van der Waals surface area contributed by atoms with Gasteiger partial charge in [-0.3, -0.25) is 9.69 Å². The summed E-state index contributed by atoms with van der Waals surface area (Å²) >= 11 is 1.56. The van der Waals surface area contributed by atoms with E-state index >= 15 is 0 Å². The van der Waals surface area contributed by atoms with Crippen molar-refractivity contribution in [1.82, 2.24) is 4.98 Å². The van der Waals surface area contributed by atoms with E-state index in [0.29, 0.717) is 18.0 Å². The molecule has 0 saturated carbocycles. The van der Waals surface area contributed by atoms with E-state index in [0.717, 1.165) is 22.7 Å². The maximum atomic E-state index is 12.4. The van der Waals surface area contributed by atoms with E-state index in [1.807, 2.05) is 37.4 Å². The van der Waals surface area contributed by atoms with Crippen molar-refractivity contribution in [2.24, 2.45) is 0 Å². The molecule has 132 valence electrons. The fourth-order valence-electron chi connectivity index (χ4n) is 2.68. The third kappa shape index (κ3) is 3.51. The van der Waals surface area contributed by atoms with Crippen molar-refractivity contribution in [2.75, 3.05) is 18.1 Å². The molecule has 1 atom stereocenters. The summed E-state index contributed by atoms with van der Waals surface area (Å²) in [7, 11) is 0. The second kappa shape index (κ2) is 7.23. The average Bonchev–Trinajstić information content (AvgIpc) is 3.05. The molecule has 1 aromatic carbocycles. The highest BCUT2D eigenvalue weighted by atomic mass is 32.1. The second-order valence-electron chi connectivity index (χ2n) is 5.83. The van der Waals surface area contributed by atoms with Crippen LogP contribution in [-0.2, 0) is 14.3 Å². The van der Waals surface area contributed by atoms with Crippen LogP contribution in [0, 0.1) is 6.92 Å². The zero-order valence-electron chi connectivity index (χ0n) is 14.4. The first-order valence-corrected chi connectivity index (χ1v) is 9.07. The number of aryl methyl sites for hydroxylation is 1. The maximum absolute atomic E-state index is 12.4. The van der Waals surface area contributed by atoms with E-state index in [1.54, 1.807) is 18.3 Å². The van der Waals surface area contributed by atoms with Gasteiger partial charge in [0.2, 0.25) is 0 Å². The Balaban J connectivity index is 1.96. The van der Waals surface area contributed by atoms with Crippen LogP contribution in [0.3, 0.4) is 0 Å². The van der Waals surface area contributed by atoms with Crippen molar-refractivity contribution in [3.8, 4) is 17.0 Å². The van der Waals surface area contributed by atoms with Crippen LogP contribution in [0.1, 0.15) is 25.3 Å². The molecule has 7 heteroatoms. The number of anilines is 1. The lowest BCUT2D eigenvalue weighted by Crippen LogP contribution is -2.48. The molecule has 1 unspecified atom stereocenters. The Morgan fingerprint density at radius 1 is 1.48 bits per heavy atom. The number of benzene rings is 1. The number of aromatic nitrogens is 1. The minimum absolute atomic E-state index is 0.0897. The Morgan fingerprint density at radius 3 is 2.96 bits per heavy atom. The van der Waals surface area contributed by atoms with Crippen LogP contribution in [0.15, 0.2) is 23.6 Å². The summed E-state index contributed by atoms with van der Waals surface area (Å²) in [5.41, 5.74) is 2.28. The van der Waals surface area contributed by atoms with Crippen molar-refractivity contribution < 1.29 is 19.1 Å². The number of amides is 1. The van der Waals surface area contributed by atoms with Gasteiger partial charge in [0, 0.05) is 10.9 Å². The molecule has 2 heterocycles. The van der Waals surface area contributed by atoms with Crippen LogP contribution in [0.25, 0.3) is 11.3 Å². The molecule has 25 heavy (non-hydrogen) atoms. The first kappa shape index (κ1) is 17.4. The molecule has 3 rings (SSSR count). The van der Waals surface area contributed by atoms with E-state index in [4.69, 9.17) is 9.47 Å². The quantitative estimate of drug-likeness (QED) is 0.766.